The van der Waals surface area contributed by atoms with Crippen LogP contribution in [0.4, 0.5) is 4.79 Å². The summed E-state index contributed by atoms with van der Waals surface area (Å²) in [6.07, 6.45) is 8.26. The van der Waals surface area contributed by atoms with E-state index in [0.717, 1.165) is 32.1 Å². The monoisotopic (exact) mass is 323 g/mol. The number of ether oxygens (including phenoxy) is 3. The topological polar surface area (TPSA) is 48.0 Å². The summed E-state index contributed by atoms with van der Waals surface area (Å²) in [5.41, 5.74) is 1.01. The number of rotatable bonds is 3. The van der Waals surface area contributed by atoms with E-state index in [0.29, 0.717) is 13.2 Å². The number of hydrogen-bond donors (Lipinski definition) is 0. The summed E-state index contributed by atoms with van der Waals surface area (Å²) in [5.74, 6) is 0. The van der Waals surface area contributed by atoms with Crippen molar-refractivity contribution >= 4 is 6.09 Å². The zero-order chi connectivity index (χ0) is 16.4. The van der Waals surface area contributed by atoms with Gasteiger partial charge in [0.2, 0.25) is 0 Å². The van der Waals surface area contributed by atoms with Crippen molar-refractivity contribution in [3.8, 4) is 0 Å². The number of fused-ring (bicyclic) bond motifs is 2. The van der Waals surface area contributed by atoms with Crippen LogP contribution in [0.2, 0.25) is 0 Å². The SMILES string of the molecule is CC(C)(C)OC(=O)N1C2C=C(CCC3OCCO3)CC1CCC2. The number of nitrogens with zero attached hydrogens (tertiary/aromatic N) is 1. The van der Waals surface area contributed by atoms with Crippen molar-refractivity contribution in [2.24, 2.45) is 0 Å². The molecule has 2 unspecified atom stereocenters. The van der Waals surface area contributed by atoms with E-state index in [4.69, 9.17) is 14.2 Å². The zero-order valence-corrected chi connectivity index (χ0v) is 14.5. The van der Waals surface area contributed by atoms with Crippen LogP contribution in [0.15, 0.2) is 11.6 Å². The normalized spacial score (nSPS) is 28.7. The van der Waals surface area contributed by atoms with Gasteiger partial charge in [-0.05, 0) is 52.9 Å². The van der Waals surface area contributed by atoms with E-state index in [1.54, 1.807) is 0 Å². The average Bonchev–Trinajstić information content (AvgIpc) is 2.95. The van der Waals surface area contributed by atoms with E-state index in [1.807, 2.05) is 25.7 Å². The third kappa shape index (κ3) is 4.27. The van der Waals surface area contributed by atoms with Crippen molar-refractivity contribution in [1.29, 1.82) is 0 Å². The molecule has 0 aromatic rings. The summed E-state index contributed by atoms with van der Waals surface area (Å²) < 4.78 is 16.6. The molecule has 0 aliphatic carbocycles. The Bertz CT molecular complexity index is 462. The molecule has 0 aromatic carbocycles. The summed E-state index contributed by atoms with van der Waals surface area (Å²) in [5, 5.41) is 0. The molecule has 130 valence electrons. The summed E-state index contributed by atoms with van der Waals surface area (Å²) >= 11 is 0. The van der Waals surface area contributed by atoms with Crippen molar-refractivity contribution < 1.29 is 19.0 Å². The standard InChI is InChI=1S/C18H29NO4/c1-18(2,3)23-17(20)19-14-5-4-6-15(19)12-13(11-14)7-8-16-21-9-10-22-16/h11,14-16H,4-10,12H2,1-3H3. The first kappa shape index (κ1) is 16.8. The molecule has 2 saturated heterocycles. The van der Waals surface area contributed by atoms with Crippen molar-refractivity contribution in [3.63, 3.8) is 0 Å². The Morgan fingerprint density at radius 3 is 2.70 bits per heavy atom. The van der Waals surface area contributed by atoms with Crippen molar-refractivity contribution in [3.05, 3.63) is 11.6 Å². The van der Waals surface area contributed by atoms with Crippen LogP contribution in [0.5, 0.6) is 0 Å². The van der Waals surface area contributed by atoms with E-state index in [9.17, 15) is 4.79 Å². The van der Waals surface area contributed by atoms with Crippen LogP contribution in [0, 0.1) is 0 Å². The van der Waals surface area contributed by atoms with Crippen molar-refractivity contribution in [2.75, 3.05) is 13.2 Å². The fraction of sp³-hybridized carbons (Fsp3) is 0.833. The zero-order valence-electron chi connectivity index (χ0n) is 14.5. The van der Waals surface area contributed by atoms with Crippen LogP contribution >= 0.6 is 0 Å². The predicted octanol–water partition coefficient (Wildman–Crippen LogP) is 3.63. The number of carbonyl (C=O) groups excluding carboxylic acids is 1. The lowest BCUT2D eigenvalue weighted by Gasteiger charge is -2.45. The molecule has 1 amide bonds. The van der Waals surface area contributed by atoms with E-state index >= 15 is 0 Å². The molecule has 0 radical (unpaired) electrons. The molecule has 23 heavy (non-hydrogen) atoms. The predicted molar refractivity (Wildman–Crippen MR) is 87.1 cm³/mol. The van der Waals surface area contributed by atoms with E-state index in [1.165, 1.54) is 12.0 Å². The molecule has 3 aliphatic heterocycles. The molecule has 5 heteroatoms. The molecule has 0 saturated carbocycles. The minimum Gasteiger partial charge on any atom is -0.444 e. The first-order valence-electron chi connectivity index (χ1n) is 8.86. The molecular weight excluding hydrogens is 294 g/mol. The lowest BCUT2D eigenvalue weighted by atomic mass is 9.84. The molecule has 2 bridgehead atoms. The summed E-state index contributed by atoms with van der Waals surface area (Å²) in [6, 6.07) is 0.478. The average molecular weight is 323 g/mol. The Labute approximate surface area is 138 Å². The molecular formula is C18H29NO4. The highest BCUT2D eigenvalue weighted by atomic mass is 16.7. The Balaban J connectivity index is 1.62. The highest BCUT2D eigenvalue weighted by Gasteiger charge is 2.39. The van der Waals surface area contributed by atoms with Gasteiger partial charge in [-0.15, -0.1) is 0 Å². The first-order chi connectivity index (χ1) is 10.9. The second-order valence-electron chi connectivity index (χ2n) is 7.78. The Morgan fingerprint density at radius 2 is 2.04 bits per heavy atom. The summed E-state index contributed by atoms with van der Waals surface area (Å²) in [7, 11) is 0. The second-order valence-corrected chi connectivity index (χ2v) is 7.78. The van der Waals surface area contributed by atoms with Gasteiger partial charge in [0.05, 0.1) is 19.3 Å². The van der Waals surface area contributed by atoms with Gasteiger partial charge in [0.15, 0.2) is 6.29 Å². The van der Waals surface area contributed by atoms with Crippen LogP contribution in [-0.4, -0.2) is 48.2 Å². The van der Waals surface area contributed by atoms with Gasteiger partial charge in [0.25, 0.3) is 0 Å². The second kappa shape index (κ2) is 6.81. The molecule has 2 fully saturated rings. The van der Waals surface area contributed by atoms with Crippen LogP contribution in [0.25, 0.3) is 0 Å². The van der Waals surface area contributed by atoms with E-state index < -0.39 is 5.60 Å². The molecule has 3 aliphatic rings. The fourth-order valence-electron chi connectivity index (χ4n) is 3.78. The molecule has 0 spiro atoms. The summed E-state index contributed by atoms with van der Waals surface area (Å²) in [6.45, 7) is 7.19. The Morgan fingerprint density at radius 1 is 1.30 bits per heavy atom. The van der Waals surface area contributed by atoms with Gasteiger partial charge >= 0.3 is 6.09 Å². The smallest absolute Gasteiger partial charge is 0.411 e. The third-order valence-electron chi connectivity index (χ3n) is 4.71. The van der Waals surface area contributed by atoms with Crippen LogP contribution in [0.1, 0.15) is 59.3 Å². The van der Waals surface area contributed by atoms with Gasteiger partial charge in [0.1, 0.15) is 5.60 Å². The number of amides is 1. The maximum Gasteiger partial charge on any atom is 0.411 e. The molecule has 0 aromatic heterocycles. The molecule has 3 rings (SSSR count). The first-order valence-corrected chi connectivity index (χ1v) is 8.86. The quantitative estimate of drug-likeness (QED) is 0.744. The minimum absolute atomic E-state index is 0.0420. The number of carbonyl (C=O) groups is 1. The summed E-state index contributed by atoms with van der Waals surface area (Å²) in [4.78, 5) is 14.5. The van der Waals surface area contributed by atoms with Gasteiger partial charge in [-0.3, -0.25) is 4.90 Å². The van der Waals surface area contributed by atoms with Gasteiger partial charge < -0.3 is 14.2 Å². The van der Waals surface area contributed by atoms with Crippen molar-refractivity contribution in [2.45, 2.75) is 83.3 Å². The van der Waals surface area contributed by atoms with E-state index in [2.05, 4.69) is 6.08 Å². The van der Waals surface area contributed by atoms with Gasteiger partial charge in [0, 0.05) is 12.5 Å². The highest BCUT2D eigenvalue weighted by molar-refractivity contribution is 5.70. The van der Waals surface area contributed by atoms with Gasteiger partial charge in [-0.2, -0.15) is 0 Å². The Hall–Kier alpha value is -1.07. The number of hydrogen-bond acceptors (Lipinski definition) is 4. The van der Waals surface area contributed by atoms with Crippen LogP contribution in [-0.2, 0) is 14.2 Å². The van der Waals surface area contributed by atoms with E-state index in [-0.39, 0.29) is 24.5 Å². The lowest BCUT2D eigenvalue weighted by Crippen LogP contribution is -2.53. The van der Waals surface area contributed by atoms with Crippen LogP contribution < -0.4 is 0 Å². The minimum atomic E-state index is -0.438. The van der Waals surface area contributed by atoms with Crippen molar-refractivity contribution in [1.82, 2.24) is 4.90 Å². The third-order valence-corrected chi connectivity index (χ3v) is 4.71. The molecule has 0 N–H and O–H groups in total. The van der Waals surface area contributed by atoms with Gasteiger partial charge in [-0.25, -0.2) is 4.79 Å². The molecule has 3 heterocycles. The highest BCUT2D eigenvalue weighted by Crippen LogP contribution is 2.36. The fourth-order valence-corrected chi connectivity index (χ4v) is 3.78. The Kier molecular flexibility index (Phi) is 4.97. The largest absolute Gasteiger partial charge is 0.444 e. The maximum atomic E-state index is 12.5. The van der Waals surface area contributed by atoms with Gasteiger partial charge in [-0.1, -0.05) is 11.6 Å². The van der Waals surface area contributed by atoms with Crippen LogP contribution in [0.3, 0.4) is 0 Å². The molecule has 5 nitrogen and oxygen atoms in total. The maximum absolute atomic E-state index is 12.5. The number of piperidine rings is 1. The lowest BCUT2D eigenvalue weighted by molar-refractivity contribution is -0.0468. The molecule has 2 atom stereocenters.